The molecule has 0 N–H and O–H groups in total. The van der Waals surface area contributed by atoms with E-state index in [1.54, 1.807) is 12.0 Å². The molecule has 6 heteroatoms. The standard InChI is InChI=1S/C33H35NO5/c1-6-7-8-15-38-26-14-13-24(18-27(26)37-5)29-28-30(35)25-17-21(3)16-22(4)31(25)39-32(28)33(36)34(29)19-23-11-9-20(2)10-12-23/h9-14,16-18,29H,6-8,15,19H2,1-5H3. The van der Waals surface area contributed by atoms with Gasteiger partial charge in [0.05, 0.1) is 30.7 Å². The van der Waals surface area contributed by atoms with Gasteiger partial charge in [0.1, 0.15) is 5.58 Å². The van der Waals surface area contributed by atoms with Crippen LogP contribution in [0.4, 0.5) is 0 Å². The fourth-order valence-corrected chi connectivity index (χ4v) is 5.38. The van der Waals surface area contributed by atoms with Gasteiger partial charge in [-0.25, -0.2) is 0 Å². The number of carbonyl (C=O) groups excluding carboxylic acids is 1. The number of ether oxygens (including phenoxy) is 2. The number of methoxy groups -OCH3 is 1. The predicted molar refractivity (Wildman–Crippen MR) is 153 cm³/mol. The van der Waals surface area contributed by atoms with E-state index in [4.69, 9.17) is 13.9 Å². The summed E-state index contributed by atoms with van der Waals surface area (Å²) in [7, 11) is 1.60. The fraction of sp³-hybridized carbons (Fsp3) is 0.333. The molecule has 6 nitrogen and oxygen atoms in total. The summed E-state index contributed by atoms with van der Waals surface area (Å²) >= 11 is 0. The Hall–Kier alpha value is -4.06. The summed E-state index contributed by atoms with van der Waals surface area (Å²) in [6.07, 6.45) is 3.17. The number of aryl methyl sites for hydroxylation is 3. The molecule has 2 heterocycles. The van der Waals surface area contributed by atoms with Gasteiger partial charge >= 0.3 is 0 Å². The Labute approximate surface area is 229 Å². The number of rotatable bonds is 9. The zero-order chi connectivity index (χ0) is 27.7. The molecule has 0 spiro atoms. The first kappa shape index (κ1) is 26.5. The molecule has 0 aliphatic carbocycles. The van der Waals surface area contributed by atoms with E-state index < -0.39 is 6.04 Å². The van der Waals surface area contributed by atoms with E-state index in [1.165, 1.54) is 0 Å². The lowest BCUT2D eigenvalue weighted by Crippen LogP contribution is -2.29. The van der Waals surface area contributed by atoms with E-state index in [0.29, 0.717) is 41.2 Å². The third-order valence-electron chi connectivity index (χ3n) is 7.38. The minimum Gasteiger partial charge on any atom is -0.493 e. The van der Waals surface area contributed by atoms with Gasteiger partial charge in [-0.05, 0) is 67.6 Å². The van der Waals surface area contributed by atoms with Crippen LogP contribution in [-0.2, 0) is 6.54 Å². The molecule has 1 atom stereocenters. The smallest absolute Gasteiger partial charge is 0.291 e. The molecule has 5 rings (SSSR count). The van der Waals surface area contributed by atoms with Crippen molar-refractivity contribution in [2.75, 3.05) is 13.7 Å². The molecule has 39 heavy (non-hydrogen) atoms. The maximum absolute atomic E-state index is 14.0. The van der Waals surface area contributed by atoms with Crippen LogP contribution in [0.1, 0.15) is 76.2 Å². The van der Waals surface area contributed by atoms with Crippen LogP contribution < -0.4 is 14.9 Å². The van der Waals surface area contributed by atoms with Gasteiger partial charge in [-0.15, -0.1) is 0 Å². The van der Waals surface area contributed by atoms with Gasteiger partial charge in [-0.3, -0.25) is 9.59 Å². The van der Waals surface area contributed by atoms with Crippen LogP contribution in [0.5, 0.6) is 11.5 Å². The van der Waals surface area contributed by atoms with Gasteiger partial charge in [-0.2, -0.15) is 0 Å². The summed E-state index contributed by atoms with van der Waals surface area (Å²) in [5.41, 5.74) is 5.32. The summed E-state index contributed by atoms with van der Waals surface area (Å²) in [6, 6.07) is 16.9. The lowest BCUT2D eigenvalue weighted by molar-refractivity contribution is 0.0714. The third-order valence-corrected chi connectivity index (χ3v) is 7.38. The minimum atomic E-state index is -0.627. The molecular weight excluding hydrogens is 490 g/mol. The van der Waals surface area contributed by atoms with E-state index in [0.717, 1.165) is 47.1 Å². The Balaban J connectivity index is 1.64. The van der Waals surface area contributed by atoms with Crippen LogP contribution in [0.3, 0.4) is 0 Å². The molecule has 0 fully saturated rings. The van der Waals surface area contributed by atoms with Crippen LogP contribution in [0, 0.1) is 20.8 Å². The van der Waals surface area contributed by atoms with Gasteiger partial charge in [0, 0.05) is 6.54 Å². The Bertz CT molecular complexity index is 1590. The second kappa shape index (κ2) is 11.0. The number of nitrogens with zero attached hydrogens (tertiary/aromatic N) is 1. The summed E-state index contributed by atoms with van der Waals surface area (Å²) in [5.74, 6) is 1.02. The second-order valence-electron chi connectivity index (χ2n) is 10.4. The molecule has 1 amide bonds. The topological polar surface area (TPSA) is 69.0 Å². The Kier molecular flexibility index (Phi) is 7.47. The first-order valence-electron chi connectivity index (χ1n) is 13.6. The maximum Gasteiger partial charge on any atom is 0.291 e. The summed E-state index contributed by atoms with van der Waals surface area (Å²) in [4.78, 5) is 29.6. The van der Waals surface area contributed by atoms with Crippen molar-refractivity contribution in [2.45, 2.75) is 59.5 Å². The van der Waals surface area contributed by atoms with Crippen molar-refractivity contribution < 1.29 is 18.7 Å². The van der Waals surface area contributed by atoms with Crippen LogP contribution in [0.2, 0.25) is 0 Å². The maximum atomic E-state index is 14.0. The first-order valence-corrected chi connectivity index (χ1v) is 13.6. The predicted octanol–water partition coefficient (Wildman–Crippen LogP) is 7.04. The molecule has 0 saturated heterocycles. The average Bonchev–Trinajstić information content (AvgIpc) is 3.20. The first-order chi connectivity index (χ1) is 18.8. The summed E-state index contributed by atoms with van der Waals surface area (Å²) in [5, 5.41) is 0.490. The average molecular weight is 526 g/mol. The fourth-order valence-electron chi connectivity index (χ4n) is 5.38. The second-order valence-corrected chi connectivity index (χ2v) is 10.4. The van der Waals surface area contributed by atoms with Crippen molar-refractivity contribution >= 4 is 16.9 Å². The molecule has 1 aliphatic rings. The lowest BCUT2D eigenvalue weighted by atomic mass is 9.96. The summed E-state index contributed by atoms with van der Waals surface area (Å²) < 4.78 is 17.9. The zero-order valence-corrected chi connectivity index (χ0v) is 23.3. The molecule has 1 aliphatic heterocycles. The number of carbonyl (C=O) groups is 1. The molecule has 1 unspecified atom stereocenters. The van der Waals surface area contributed by atoms with Crippen LogP contribution in [0.25, 0.3) is 11.0 Å². The quantitative estimate of drug-likeness (QED) is 0.219. The van der Waals surface area contributed by atoms with E-state index in [1.807, 2.05) is 75.4 Å². The highest BCUT2D eigenvalue weighted by Crippen LogP contribution is 2.42. The molecule has 0 saturated carbocycles. The number of amides is 1. The number of hydrogen-bond donors (Lipinski definition) is 0. The Morgan fingerprint density at radius 3 is 2.38 bits per heavy atom. The van der Waals surface area contributed by atoms with Crippen LogP contribution in [-0.4, -0.2) is 24.5 Å². The highest BCUT2D eigenvalue weighted by atomic mass is 16.5. The van der Waals surface area contributed by atoms with Crippen molar-refractivity contribution in [3.8, 4) is 11.5 Å². The van der Waals surface area contributed by atoms with E-state index in [9.17, 15) is 9.59 Å². The van der Waals surface area contributed by atoms with Crippen LogP contribution >= 0.6 is 0 Å². The zero-order valence-electron chi connectivity index (χ0n) is 23.3. The van der Waals surface area contributed by atoms with Crippen molar-refractivity contribution in [3.63, 3.8) is 0 Å². The number of benzene rings is 3. The molecule has 0 radical (unpaired) electrons. The van der Waals surface area contributed by atoms with Crippen molar-refractivity contribution in [2.24, 2.45) is 0 Å². The third kappa shape index (κ3) is 5.03. The summed E-state index contributed by atoms with van der Waals surface area (Å²) in [6.45, 7) is 8.97. The van der Waals surface area contributed by atoms with E-state index in [2.05, 4.69) is 6.92 Å². The highest BCUT2D eigenvalue weighted by Gasteiger charge is 2.43. The van der Waals surface area contributed by atoms with Gasteiger partial charge in [0.15, 0.2) is 16.9 Å². The highest BCUT2D eigenvalue weighted by molar-refractivity contribution is 5.99. The largest absolute Gasteiger partial charge is 0.493 e. The molecule has 4 aromatic rings. The van der Waals surface area contributed by atoms with Crippen molar-refractivity contribution in [3.05, 3.63) is 104 Å². The molecular formula is C33H35NO5. The molecule has 1 aromatic heterocycles. The van der Waals surface area contributed by atoms with Gasteiger partial charge < -0.3 is 18.8 Å². The van der Waals surface area contributed by atoms with Crippen LogP contribution in [0.15, 0.2) is 63.8 Å². The van der Waals surface area contributed by atoms with E-state index >= 15 is 0 Å². The molecule has 0 bridgehead atoms. The number of hydrogen-bond acceptors (Lipinski definition) is 5. The normalized spacial score (nSPS) is 14.6. The van der Waals surface area contributed by atoms with E-state index in [-0.39, 0.29) is 17.1 Å². The molecule has 3 aromatic carbocycles. The van der Waals surface area contributed by atoms with Crippen molar-refractivity contribution in [1.82, 2.24) is 4.90 Å². The Morgan fingerprint density at radius 2 is 1.67 bits per heavy atom. The van der Waals surface area contributed by atoms with Gasteiger partial charge in [-0.1, -0.05) is 61.7 Å². The van der Waals surface area contributed by atoms with Gasteiger partial charge in [0.25, 0.3) is 5.91 Å². The molecule has 202 valence electrons. The monoisotopic (exact) mass is 525 g/mol. The SMILES string of the molecule is CCCCCOc1ccc(C2c3c(oc4c(C)cc(C)cc4c3=O)C(=O)N2Cc2ccc(C)cc2)cc1OC. The number of unbranched alkanes of at least 4 members (excludes halogenated alkanes) is 2. The lowest BCUT2D eigenvalue weighted by Gasteiger charge is -2.26. The minimum absolute atomic E-state index is 0.107. The van der Waals surface area contributed by atoms with Crippen molar-refractivity contribution in [1.29, 1.82) is 0 Å². The van der Waals surface area contributed by atoms with Gasteiger partial charge in [0.2, 0.25) is 5.76 Å². The Morgan fingerprint density at radius 1 is 0.897 bits per heavy atom. The number of fused-ring (bicyclic) bond motifs is 2.